The number of halogens is 1. The zero-order chi connectivity index (χ0) is 19.5. The minimum absolute atomic E-state index is 0.373. The molecule has 0 bridgehead atoms. The van der Waals surface area contributed by atoms with E-state index in [1.807, 2.05) is 6.92 Å². The van der Waals surface area contributed by atoms with Crippen LogP contribution < -0.4 is 14.4 Å². The Hall–Kier alpha value is -2.25. The summed E-state index contributed by atoms with van der Waals surface area (Å²) in [5.74, 6) is 0.125. The van der Waals surface area contributed by atoms with Crippen molar-refractivity contribution in [1.82, 2.24) is 0 Å². The first-order valence-electron chi connectivity index (χ1n) is 7.84. The van der Waals surface area contributed by atoms with Crippen molar-refractivity contribution in [2.24, 2.45) is 0 Å². The highest BCUT2D eigenvalue weighted by Crippen LogP contribution is 2.25. The van der Waals surface area contributed by atoms with Gasteiger partial charge < -0.3 is 10.1 Å². The Morgan fingerprint density at radius 1 is 1.19 bits per heavy atom. The van der Waals surface area contributed by atoms with Gasteiger partial charge in [-0.2, -0.15) is 0 Å². The first kappa shape index (κ1) is 20.1. The summed E-state index contributed by atoms with van der Waals surface area (Å²) in [5, 5.41) is 3.22. The lowest BCUT2D eigenvalue weighted by molar-refractivity contribution is -0.116. The fourth-order valence-corrected chi connectivity index (χ4v) is 3.81. The maximum Gasteiger partial charge on any atom is 0.247 e. The molecule has 140 valence electrons. The fraction of sp³-hybridized carbons (Fsp3) is 0.278. The van der Waals surface area contributed by atoms with Crippen LogP contribution in [0.2, 0.25) is 5.02 Å². The number of hydrogen-bond acceptors (Lipinski definition) is 4. The molecule has 1 amide bonds. The van der Waals surface area contributed by atoms with Gasteiger partial charge in [-0.3, -0.25) is 9.10 Å². The van der Waals surface area contributed by atoms with Crippen molar-refractivity contribution in [3.05, 3.63) is 53.1 Å². The van der Waals surface area contributed by atoms with E-state index < -0.39 is 22.0 Å². The number of ether oxygens (including phenoxy) is 1. The van der Waals surface area contributed by atoms with Crippen molar-refractivity contribution in [3.63, 3.8) is 0 Å². The number of anilines is 2. The molecule has 0 aromatic heterocycles. The van der Waals surface area contributed by atoms with Crippen LogP contribution in [0.4, 0.5) is 11.4 Å². The highest BCUT2D eigenvalue weighted by atomic mass is 35.5. The van der Waals surface area contributed by atoms with Gasteiger partial charge in [0.15, 0.2) is 0 Å². The summed E-state index contributed by atoms with van der Waals surface area (Å²) in [7, 11) is -2.16. The number of carbonyl (C=O) groups excluding carboxylic acids is 1. The van der Waals surface area contributed by atoms with Crippen LogP contribution in [0.15, 0.2) is 42.5 Å². The first-order valence-corrected chi connectivity index (χ1v) is 10.1. The average Bonchev–Trinajstić information content (AvgIpc) is 2.57. The van der Waals surface area contributed by atoms with E-state index >= 15 is 0 Å². The molecule has 0 saturated heterocycles. The normalized spacial score (nSPS) is 12.3. The van der Waals surface area contributed by atoms with Gasteiger partial charge in [-0.1, -0.05) is 17.7 Å². The third-order valence-electron chi connectivity index (χ3n) is 3.85. The molecule has 1 N–H and O–H groups in total. The van der Waals surface area contributed by atoms with Gasteiger partial charge in [0.2, 0.25) is 15.9 Å². The molecule has 1 atom stereocenters. The molecule has 8 heteroatoms. The minimum atomic E-state index is -3.68. The molecule has 2 rings (SSSR count). The van der Waals surface area contributed by atoms with Gasteiger partial charge in [-0.05, 0) is 55.8 Å². The standard InChI is InChI=1S/C18H21ClN2O4S/c1-12-5-6-14(11-17(12)19)20-18(22)13(2)21(26(4,23)24)15-7-9-16(25-3)10-8-15/h5-11,13H,1-4H3,(H,20,22). The van der Waals surface area contributed by atoms with E-state index in [9.17, 15) is 13.2 Å². The SMILES string of the molecule is COc1ccc(N(C(C)C(=O)Nc2ccc(C)c(Cl)c2)S(C)(=O)=O)cc1. The molecule has 0 fully saturated rings. The third-order valence-corrected chi connectivity index (χ3v) is 5.50. The Labute approximate surface area is 158 Å². The number of benzene rings is 2. The summed E-state index contributed by atoms with van der Waals surface area (Å²) in [6, 6.07) is 10.6. The maximum absolute atomic E-state index is 12.6. The minimum Gasteiger partial charge on any atom is -0.497 e. The molecule has 0 saturated carbocycles. The number of methoxy groups -OCH3 is 1. The third kappa shape index (κ3) is 4.68. The second kappa shape index (κ2) is 7.97. The number of sulfonamides is 1. The molecule has 0 aliphatic carbocycles. The van der Waals surface area contributed by atoms with Crippen molar-refractivity contribution in [2.45, 2.75) is 19.9 Å². The predicted octanol–water partition coefficient (Wildman–Crippen LogP) is 3.45. The second-order valence-corrected chi connectivity index (χ2v) is 8.15. The Kier molecular flexibility index (Phi) is 6.15. The van der Waals surface area contributed by atoms with Crippen LogP contribution in [0.1, 0.15) is 12.5 Å². The van der Waals surface area contributed by atoms with Crippen LogP contribution in [0, 0.1) is 6.92 Å². The zero-order valence-electron chi connectivity index (χ0n) is 15.0. The maximum atomic E-state index is 12.6. The van der Waals surface area contributed by atoms with E-state index in [-0.39, 0.29) is 0 Å². The van der Waals surface area contributed by atoms with Gasteiger partial charge in [0, 0.05) is 10.7 Å². The van der Waals surface area contributed by atoms with Crippen molar-refractivity contribution in [2.75, 3.05) is 23.0 Å². The Balaban J connectivity index is 2.29. The van der Waals surface area contributed by atoms with Crippen LogP contribution in [-0.2, 0) is 14.8 Å². The van der Waals surface area contributed by atoms with Gasteiger partial charge >= 0.3 is 0 Å². The molecule has 0 radical (unpaired) electrons. The van der Waals surface area contributed by atoms with Crippen LogP contribution in [0.25, 0.3) is 0 Å². The number of nitrogens with zero attached hydrogens (tertiary/aromatic N) is 1. The lowest BCUT2D eigenvalue weighted by Crippen LogP contribution is -2.45. The highest BCUT2D eigenvalue weighted by molar-refractivity contribution is 7.92. The first-order chi connectivity index (χ1) is 12.1. The van der Waals surface area contributed by atoms with Crippen molar-refractivity contribution in [3.8, 4) is 5.75 Å². The Morgan fingerprint density at radius 3 is 2.31 bits per heavy atom. The van der Waals surface area contributed by atoms with Gasteiger partial charge in [0.1, 0.15) is 11.8 Å². The van der Waals surface area contributed by atoms with Crippen LogP contribution in [-0.4, -0.2) is 33.7 Å². The molecule has 0 aliphatic rings. The number of hydrogen-bond donors (Lipinski definition) is 1. The monoisotopic (exact) mass is 396 g/mol. The number of carbonyl (C=O) groups is 1. The van der Waals surface area contributed by atoms with E-state index in [4.69, 9.17) is 16.3 Å². The zero-order valence-corrected chi connectivity index (χ0v) is 16.6. The summed E-state index contributed by atoms with van der Waals surface area (Å²) in [6.07, 6.45) is 1.06. The summed E-state index contributed by atoms with van der Waals surface area (Å²) >= 11 is 6.07. The fourth-order valence-electron chi connectivity index (χ4n) is 2.46. The quantitative estimate of drug-likeness (QED) is 0.811. The predicted molar refractivity (Wildman–Crippen MR) is 105 cm³/mol. The summed E-state index contributed by atoms with van der Waals surface area (Å²) in [5.41, 5.74) is 1.76. The largest absolute Gasteiger partial charge is 0.497 e. The summed E-state index contributed by atoms with van der Waals surface area (Å²) in [6.45, 7) is 3.38. The van der Waals surface area contributed by atoms with Gasteiger partial charge in [0.05, 0.1) is 19.1 Å². The molecule has 0 aliphatic heterocycles. The highest BCUT2D eigenvalue weighted by Gasteiger charge is 2.29. The summed E-state index contributed by atoms with van der Waals surface area (Å²) in [4.78, 5) is 12.6. The molecular formula is C18H21ClN2O4S. The average molecular weight is 397 g/mol. The van der Waals surface area contributed by atoms with Crippen molar-refractivity contribution >= 4 is 38.9 Å². The molecule has 6 nitrogen and oxygen atoms in total. The van der Waals surface area contributed by atoms with Crippen molar-refractivity contribution < 1.29 is 17.9 Å². The van der Waals surface area contributed by atoms with Crippen molar-refractivity contribution in [1.29, 1.82) is 0 Å². The second-order valence-electron chi connectivity index (χ2n) is 5.89. The molecule has 0 heterocycles. The van der Waals surface area contributed by atoms with E-state index in [2.05, 4.69) is 5.32 Å². The number of rotatable bonds is 6. The molecule has 1 unspecified atom stereocenters. The van der Waals surface area contributed by atoms with E-state index in [0.29, 0.717) is 22.1 Å². The van der Waals surface area contributed by atoms with Gasteiger partial charge in [-0.25, -0.2) is 8.42 Å². The lowest BCUT2D eigenvalue weighted by Gasteiger charge is -2.28. The van der Waals surface area contributed by atoms with Gasteiger partial charge in [-0.15, -0.1) is 0 Å². The van der Waals surface area contributed by atoms with Crippen LogP contribution >= 0.6 is 11.6 Å². The molecule has 2 aromatic rings. The van der Waals surface area contributed by atoms with E-state index in [1.165, 1.54) is 14.0 Å². The summed E-state index contributed by atoms with van der Waals surface area (Å²) < 4.78 is 30.7. The topological polar surface area (TPSA) is 75.7 Å². The molecule has 26 heavy (non-hydrogen) atoms. The van der Waals surface area contributed by atoms with Crippen LogP contribution in [0.3, 0.4) is 0 Å². The van der Waals surface area contributed by atoms with E-state index in [0.717, 1.165) is 16.1 Å². The number of aryl methyl sites for hydroxylation is 1. The number of amides is 1. The van der Waals surface area contributed by atoms with E-state index in [1.54, 1.807) is 42.5 Å². The van der Waals surface area contributed by atoms with Gasteiger partial charge in [0.25, 0.3) is 0 Å². The Bertz CT molecular complexity index is 898. The number of nitrogens with one attached hydrogen (secondary N) is 1. The smallest absolute Gasteiger partial charge is 0.247 e. The molecule has 2 aromatic carbocycles. The van der Waals surface area contributed by atoms with Crippen LogP contribution in [0.5, 0.6) is 5.75 Å². The molecular weight excluding hydrogens is 376 g/mol. The Morgan fingerprint density at radius 2 is 1.81 bits per heavy atom. The lowest BCUT2D eigenvalue weighted by atomic mass is 10.2. The molecule has 0 spiro atoms.